The number of nitrogens with one attached hydrogen (secondary N) is 1. The first kappa shape index (κ1) is 30.5. The van der Waals surface area contributed by atoms with Crippen LogP contribution in [0.1, 0.15) is 70.0 Å². The molecule has 224 valence electrons. The lowest BCUT2D eigenvalue weighted by Crippen LogP contribution is -2.43. The van der Waals surface area contributed by atoms with Crippen molar-refractivity contribution in [2.24, 2.45) is 0 Å². The number of rotatable bonds is 11. The van der Waals surface area contributed by atoms with Gasteiger partial charge in [-0.2, -0.15) is 0 Å². The van der Waals surface area contributed by atoms with Crippen LogP contribution in [0.25, 0.3) is 0 Å². The van der Waals surface area contributed by atoms with Crippen molar-refractivity contribution < 1.29 is 24.5 Å². The topological polar surface area (TPSA) is 104 Å². The number of pyridine rings is 1. The van der Waals surface area contributed by atoms with Crippen molar-refractivity contribution in [1.29, 1.82) is 0 Å². The molecule has 3 N–H and O–H groups in total. The van der Waals surface area contributed by atoms with Crippen molar-refractivity contribution in [3.8, 4) is 0 Å². The molecule has 1 aliphatic rings. The predicted octanol–water partition coefficient (Wildman–Crippen LogP) is 5.10. The Morgan fingerprint density at radius 3 is 2.33 bits per heavy atom. The Morgan fingerprint density at radius 2 is 1.65 bits per heavy atom. The van der Waals surface area contributed by atoms with E-state index in [0.29, 0.717) is 25.1 Å². The van der Waals surface area contributed by atoms with Crippen LogP contribution in [0.4, 0.5) is 0 Å². The Morgan fingerprint density at radius 1 is 0.953 bits per heavy atom. The minimum absolute atomic E-state index is 0.0123. The maximum absolute atomic E-state index is 12.4. The van der Waals surface area contributed by atoms with Gasteiger partial charge in [0.2, 0.25) is 0 Å². The fraction of sp³-hybridized carbons (Fsp3) is 0.314. The molecule has 5 rings (SSSR count). The molecule has 0 radical (unpaired) electrons. The number of amides is 1. The first-order valence-corrected chi connectivity index (χ1v) is 14.6. The minimum atomic E-state index is -0.630. The lowest BCUT2D eigenvalue weighted by Gasteiger charge is -2.39. The number of benzene rings is 3. The molecule has 1 amide bonds. The number of hydrogen-bond donors (Lipinski definition) is 3. The molecule has 0 bridgehead atoms. The van der Waals surface area contributed by atoms with Crippen molar-refractivity contribution in [3.63, 3.8) is 0 Å². The molecule has 1 aliphatic heterocycles. The van der Waals surface area contributed by atoms with Gasteiger partial charge in [0.25, 0.3) is 5.91 Å². The Kier molecular flexibility index (Phi) is 10.3. The van der Waals surface area contributed by atoms with E-state index in [1.54, 1.807) is 24.5 Å². The van der Waals surface area contributed by atoms with Gasteiger partial charge in [0.05, 0.1) is 30.5 Å². The van der Waals surface area contributed by atoms with Crippen LogP contribution >= 0.6 is 0 Å². The SMILES string of the molecule is C[C@H]([C@@H](O)c1ccccc1)N(C)C[C@@H]1C[C@H](c2ccc(CO)cc2)O[C@H](c2ccc(CNC(=O)c3cccnc3)cc2)O1. The molecule has 8 heteroatoms. The van der Waals surface area contributed by atoms with Crippen molar-refractivity contribution >= 4 is 5.91 Å². The van der Waals surface area contributed by atoms with Crippen molar-refractivity contribution in [1.82, 2.24) is 15.2 Å². The van der Waals surface area contributed by atoms with Gasteiger partial charge in [-0.1, -0.05) is 78.9 Å². The van der Waals surface area contributed by atoms with Crippen LogP contribution in [-0.2, 0) is 22.6 Å². The second kappa shape index (κ2) is 14.5. The van der Waals surface area contributed by atoms with E-state index in [1.807, 2.05) is 92.8 Å². The number of aromatic nitrogens is 1. The third-order valence-electron chi connectivity index (χ3n) is 8.03. The second-order valence-electron chi connectivity index (χ2n) is 11.1. The molecule has 1 fully saturated rings. The summed E-state index contributed by atoms with van der Waals surface area (Å²) in [6.45, 7) is 3.00. The predicted molar refractivity (Wildman–Crippen MR) is 164 cm³/mol. The fourth-order valence-corrected chi connectivity index (χ4v) is 5.26. The number of aliphatic hydroxyl groups excluding tert-OH is 2. The van der Waals surface area contributed by atoms with Gasteiger partial charge < -0.3 is 25.0 Å². The third kappa shape index (κ3) is 7.93. The average Bonchev–Trinajstić information content (AvgIpc) is 3.07. The van der Waals surface area contributed by atoms with E-state index in [9.17, 15) is 15.0 Å². The maximum atomic E-state index is 12.4. The third-order valence-corrected chi connectivity index (χ3v) is 8.03. The number of aliphatic hydroxyl groups is 2. The summed E-state index contributed by atoms with van der Waals surface area (Å²) in [6, 6.07) is 28.7. The zero-order chi connectivity index (χ0) is 30.2. The Labute approximate surface area is 252 Å². The molecular formula is C35H39N3O5. The average molecular weight is 582 g/mol. The maximum Gasteiger partial charge on any atom is 0.253 e. The van der Waals surface area contributed by atoms with E-state index in [4.69, 9.17) is 9.47 Å². The number of likely N-dealkylation sites (N-methyl/N-ethyl adjacent to an activating group) is 1. The van der Waals surface area contributed by atoms with Gasteiger partial charge in [-0.25, -0.2) is 0 Å². The van der Waals surface area contributed by atoms with Crippen LogP contribution in [0.3, 0.4) is 0 Å². The highest BCUT2D eigenvalue weighted by atomic mass is 16.7. The number of ether oxygens (including phenoxy) is 2. The highest BCUT2D eigenvalue weighted by Crippen LogP contribution is 2.38. The van der Waals surface area contributed by atoms with Crippen molar-refractivity contribution in [2.45, 2.75) is 57.1 Å². The van der Waals surface area contributed by atoms with Gasteiger partial charge in [0.1, 0.15) is 0 Å². The molecule has 2 heterocycles. The van der Waals surface area contributed by atoms with Gasteiger partial charge in [-0.15, -0.1) is 0 Å². The smallest absolute Gasteiger partial charge is 0.253 e. The number of nitrogens with zero attached hydrogens (tertiary/aromatic N) is 2. The minimum Gasteiger partial charge on any atom is -0.392 e. The van der Waals surface area contributed by atoms with Gasteiger partial charge in [0, 0.05) is 43.5 Å². The normalized spacial score (nSPS) is 20.0. The molecule has 8 nitrogen and oxygen atoms in total. The summed E-state index contributed by atoms with van der Waals surface area (Å²) in [5, 5.41) is 23.4. The molecule has 5 atom stereocenters. The first-order valence-electron chi connectivity index (χ1n) is 14.6. The molecule has 1 saturated heterocycles. The van der Waals surface area contributed by atoms with E-state index in [0.717, 1.165) is 27.8 Å². The summed E-state index contributed by atoms with van der Waals surface area (Å²) in [7, 11) is 2.00. The Bertz CT molecular complexity index is 1430. The molecule has 4 aromatic rings. The number of hydrogen-bond acceptors (Lipinski definition) is 7. The van der Waals surface area contributed by atoms with Gasteiger partial charge >= 0.3 is 0 Å². The van der Waals surface area contributed by atoms with Crippen LogP contribution in [-0.4, -0.2) is 51.7 Å². The zero-order valence-corrected chi connectivity index (χ0v) is 24.5. The molecule has 1 aromatic heterocycles. The summed E-state index contributed by atoms with van der Waals surface area (Å²) in [5.74, 6) is -0.176. The van der Waals surface area contributed by atoms with E-state index in [2.05, 4.69) is 15.2 Å². The monoisotopic (exact) mass is 581 g/mol. The molecule has 0 unspecified atom stereocenters. The summed E-state index contributed by atoms with van der Waals surface area (Å²) < 4.78 is 13.0. The number of carbonyl (C=O) groups excluding carboxylic acids is 1. The van der Waals surface area contributed by atoms with Crippen molar-refractivity contribution in [3.05, 3.63) is 137 Å². The molecular weight excluding hydrogens is 542 g/mol. The van der Waals surface area contributed by atoms with E-state index in [1.165, 1.54) is 0 Å². The summed E-state index contributed by atoms with van der Waals surface area (Å²) >= 11 is 0. The molecule has 0 saturated carbocycles. The molecule has 0 aliphatic carbocycles. The van der Waals surface area contributed by atoms with Gasteiger partial charge in [-0.3, -0.25) is 14.7 Å². The lowest BCUT2D eigenvalue weighted by molar-refractivity contribution is -0.253. The van der Waals surface area contributed by atoms with Gasteiger partial charge in [-0.05, 0) is 48.4 Å². The fourth-order valence-electron chi connectivity index (χ4n) is 5.26. The zero-order valence-electron chi connectivity index (χ0n) is 24.5. The van der Waals surface area contributed by atoms with E-state index in [-0.39, 0.29) is 30.8 Å². The summed E-state index contributed by atoms with van der Waals surface area (Å²) in [4.78, 5) is 18.5. The second-order valence-corrected chi connectivity index (χ2v) is 11.1. The van der Waals surface area contributed by atoms with Gasteiger partial charge in [0.15, 0.2) is 6.29 Å². The van der Waals surface area contributed by atoms with E-state index >= 15 is 0 Å². The molecule has 0 spiro atoms. The highest BCUT2D eigenvalue weighted by Gasteiger charge is 2.34. The Balaban J connectivity index is 1.28. The summed E-state index contributed by atoms with van der Waals surface area (Å²) in [5.41, 5.74) is 5.09. The van der Waals surface area contributed by atoms with Crippen LogP contribution in [0.2, 0.25) is 0 Å². The Hall–Kier alpha value is -3.92. The highest BCUT2D eigenvalue weighted by molar-refractivity contribution is 5.93. The van der Waals surface area contributed by atoms with Crippen molar-refractivity contribution in [2.75, 3.05) is 13.6 Å². The van der Waals surface area contributed by atoms with E-state index < -0.39 is 12.4 Å². The molecule has 3 aromatic carbocycles. The molecule has 43 heavy (non-hydrogen) atoms. The standard InChI is InChI=1S/C35H39N3O5/c1-24(33(40)28-7-4-3-5-8-28)38(2)22-31-19-32(27-14-12-26(23-39)13-15-27)43-35(42-31)29-16-10-25(11-17-29)20-37-34(41)30-9-6-18-36-21-30/h3-18,21,24,31-33,35,39-40H,19-20,22-23H2,1-2H3,(H,37,41)/t24-,31+,32-,33-,35-/m1/s1. The summed E-state index contributed by atoms with van der Waals surface area (Å²) in [6.07, 6.45) is 2.23. The quantitative estimate of drug-likeness (QED) is 0.226. The first-order chi connectivity index (χ1) is 20.9. The van der Waals surface area contributed by atoms with Crippen LogP contribution in [0, 0.1) is 0 Å². The number of carbonyl (C=O) groups is 1. The van der Waals surface area contributed by atoms with Crippen LogP contribution < -0.4 is 5.32 Å². The van der Waals surface area contributed by atoms with Crippen LogP contribution in [0.5, 0.6) is 0 Å². The largest absolute Gasteiger partial charge is 0.392 e. The lowest BCUT2D eigenvalue weighted by atomic mass is 9.98. The van der Waals surface area contributed by atoms with Crippen LogP contribution in [0.15, 0.2) is 103 Å².